The maximum absolute atomic E-state index is 14.4. The molecule has 0 spiro atoms. The van der Waals surface area contributed by atoms with Crippen molar-refractivity contribution >= 4 is 70.8 Å². The van der Waals surface area contributed by atoms with E-state index < -0.39 is 102 Å². The van der Waals surface area contributed by atoms with Gasteiger partial charge in [0.05, 0.1) is 29.3 Å². The first kappa shape index (κ1) is 66.9. The third-order valence-corrected chi connectivity index (χ3v) is 16.3. The number of carbonyl (C=O) groups is 9. The van der Waals surface area contributed by atoms with Gasteiger partial charge in [-0.3, -0.25) is 24.5 Å². The number of amides is 7. The van der Waals surface area contributed by atoms with Gasteiger partial charge in [0, 0.05) is 78.9 Å². The van der Waals surface area contributed by atoms with Gasteiger partial charge in [0.15, 0.2) is 11.5 Å². The normalized spacial score (nSPS) is 24.7. The lowest BCUT2D eigenvalue weighted by Gasteiger charge is -2.42. The summed E-state index contributed by atoms with van der Waals surface area (Å²) in [5, 5.41) is 20.0. The third kappa shape index (κ3) is 18.3. The molecule has 0 saturated carbocycles. The van der Waals surface area contributed by atoms with Crippen molar-refractivity contribution in [1.82, 2.24) is 25.8 Å². The standard InChI is InChI=1S/C60H84ClN7O15/c1-34(2)43(28-37(5)69)54(73)64-44(17-14-24-63-56(62)75)46(70)30-40-20-22-41(23-21-40)33-80-58(77)66(9)25-15-19-50(71)67(10)39(7)55(74)82-49-31-51(72)68(11)45-29-42(27-36(4)52(45)61)26-35(3)16-13-18-48(79-12)60(78)32-47(81-57(76)65-60)38(6)53-59(49,8)83-53/h13,16,18,20-23,27,29,34,38-39,43-44,47-49,53,78H,14-15,17,19,24-26,28,30-33H2,1-12H3,(H,64,73)(H,65,76)(H3,62,63,75)/b18-13+,35-16+/t38-,39+,43+,44+,47+,48-,49+,53?,59+,60-/m1/s1. The number of urea groups is 1. The summed E-state index contributed by atoms with van der Waals surface area (Å²) in [6.07, 6.45) is 0.680. The van der Waals surface area contributed by atoms with E-state index >= 15 is 0 Å². The van der Waals surface area contributed by atoms with E-state index in [1.165, 1.54) is 49.8 Å². The highest BCUT2D eigenvalue weighted by Crippen LogP contribution is 2.49. The first-order chi connectivity index (χ1) is 39.0. The van der Waals surface area contributed by atoms with E-state index in [1.807, 2.05) is 45.9 Å². The number of nitrogens with one attached hydrogen (secondary N) is 3. The van der Waals surface area contributed by atoms with Crippen molar-refractivity contribution in [1.29, 1.82) is 0 Å². The number of fused-ring (bicyclic) bond motifs is 5. The van der Waals surface area contributed by atoms with Crippen LogP contribution in [0.15, 0.2) is 60.2 Å². The number of halogens is 1. The van der Waals surface area contributed by atoms with Crippen LogP contribution >= 0.6 is 11.6 Å². The minimum absolute atomic E-state index is 0.0243. The van der Waals surface area contributed by atoms with Gasteiger partial charge in [-0.2, -0.15) is 0 Å². The molecule has 23 heteroatoms. The average molecular weight is 1180 g/mol. The van der Waals surface area contributed by atoms with Crippen molar-refractivity contribution in [3.63, 3.8) is 0 Å². The summed E-state index contributed by atoms with van der Waals surface area (Å²) in [6.45, 7) is 14.0. The fourth-order valence-electron chi connectivity index (χ4n) is 10.4. The van der Waals surface area contributed by atoms with Gasteiger partial charge >= 0.3 is 24.2 Å². The number of hydrogen-bond acceptors (Lipinski definition) is 15. The van der Waals surface area contributed by atoms with Crippen LogP contribution in [-0.2, 0) is 71.9 Å². The molecule has 4 bridgehead atoms. The number of ether oxygens (including phenoxy) is 5. The van der Waals surface area contributed by atoms with Crippen molar-refractivity contribution in [2.24, 2.45) is 23.5 Å². The number of nitrogens with two attached hydrogens (primary N) is 1. The Kier molecular flexibility index (Phi) is 23.8. The number of benzene rings is 2. The Hall–Kier alpha value is -6.88. The maximum Gasteiger partial charge on any atom is 0.409 e. The van der Waals surface area contributed by atoms with E-state index in [-0.39, 0.29) is 82.1 Å². The van der Waals surface area contributed by atoms with Crippen LogP contribution in [-0.4, -0.2) is 158 Å². The minimum atomic E-state index is -1.88. The highest BCUT2D eigenvalue weighted by atomic mass is 35.5. The summed E-state index contributed by atoms with van der Waals surface area (Å²) >= 11 is 6.84. The highest BCUT2D eigenvalue weighted by molar-refractivity contribution is 6.34. The first-order valence-corrected chi connectivity index (χ1v) is 28.4. The highest BCUT2D eigenvalue weighted by Gasteiger charge is 2.64. The summed E-state index contributed by atoms with van der Waals surface area (Å²) in [4.78, 5) is 122. The van der Waals surface area contributed by atoms with Gasteiger partial charge in [-0.05, 0) is 94.5 Å². The number of allylic oxidation sites excluding steroid dienone is 3. The third-order valence-electron chi connectivity index (χ3n) is 15.8. The Morgan fingerprint density at radius 1 is 1.02 bits per heavy atom. The number of nitrogens with zero attached hydrogens (tertiary/aromatic N) is 3. The second kappa shape index (κ2) is 29.6. The minimum Gasteiger partial charge on any atom is -0.457 e. The fraction of sp³-hybridized carbons (Fsp3) is 0.583. The van der Waals surface area contributed by atoms with Gasteiger partial charge < -0.3 is 64.7 Å². The zero-order chi connectivity index (χ0) is 61.7. The Bertz CT molecular complexity index is 2770. The maximum atomic E-state index is 14.4. The number of esters is 1. The largest absolute Gasteiger partial charge is 0.457 e. The molecule has 0 aliphatic carbocycles. The molecule has 83 heavy (non-hydrogen) atoms. The van der Waals surface area contributed by atoms with E-state index in [0.717, 1.165) is 16.7 Å². The molecular weight excluding hydrogens is 1090 g/mol. The quantitative estimate of drug-likeness (QED) is 0.0382. The number of anilines is 1. The Morgan fingerprint density at radius 2 is 1.70 bits per heavy atom. The monoisotopic (exact) mass is 1180 g/mol. The molecule has 22 nitrogen and oxygen atoms in total. The predicted octanol–water partition coefficient (Wildman–Crippen LogP) is 6.16. The lowest BCUT2D eigenvalue weighted by Crippen LogP contribution is -2.63. The van der Waals surface area contributed by atoms with Crippen LogP contribution in [0.1, 0.15) is 116 Å². The van der Waals surface area contributed by atoms with Crippen LogP contribution in [0.25, 0.3) is 0 Å². The van der Waals surface area contributed by atoms with Crippen LogP contribution in [0.5, 0.6) is 0 Å². The van der Waals surface area contributed by atoms with E-state index in [0.29, 0.717) is 34.7 Å². The molecule has 10 atom stereocenters. The van der Waals surface area contributed by atoms with E-state index in [9.17, 15) is 48.3 Å². The van der Waals surface area contributed by atoms with Crippen molar-refractivity contribution < 1.29 is 71.9 Å². The van der Waals surface area contributed by atoms with Crippen molar-refractivity contribution in [2.75, 3.05) is 46.2 Å². The molecule has 2 aromatic carbocycles. The molecule has 0 radical (unpaired) electrons. The number of methoxy groups -OCH3 is 1. The lowest BCUT2D eigenvalue weighted by molar-refractivity contribution is -0.162. The fourth-order valence-corrected chi connectivity index (χ4v) is 10.6. The second-order valence-corrected chi connectivity index (χ2v) is 23.2. The molecule has 6 N–H and O–H groups in total. The number of hydrogen-bond donors (Lipinski definition) is 5. The van der Waals surface area contributed by atoms with E-state index in [2.05, 4.69) is 16.0 Å². The number of likely N-dealkylation sites (N-methyl/N-ethyl adjacent to an activating group) is 1. The number of carbonyl (C=O) groups excluding carboxylic acids is 9. The van der Waals surface area contributed by atoms with Gasteiger partial charge in [-0.1, -0.05) is 86.5 Å². The smallest absolute Gasteiger partial charge is 0.409 e. The van der Waals surface area contributed by atoms with Crippen molar-refractivity contribution in [3.8, 4) is 0 Å². The number of aryl methyl sites for hydroxylation is 1. The van der Waals surface area contributed by atoms with Gasteiger partial charge in [0.25, 0.3) is 0 Å². The van der Waals surface area contributed by atoms with Crippen molar-refractivity contribution in [3.05, 3.63) is 87.5 Å². The SMILES string of the molecule is CO[C@@H]1/C=C/C=C(\C)Cc2cc(C)c(Cl)c(c2)N(C)C(=O)C[C@H](OC(=O)[C@H](C)N(C)C(=O)CCCN(C)C(=O)OCc2ccc(CC(=O)[C@H](CCCNC(N)=O)NC(=O)[C@@H](CC(C)=O)C(C)C)cc2)[C@]2(C)OC2[C@H](C)[C@@H]2C[C@]1(O)NC(=O)O2. The number of epoxide rings is 1. The molecule has 2 fully saturated rings. The molecule has 3 aliphatic rings. The molecule has 3 aliphatic heterocycles. The van der Waals surface area contributed by atoms with Gasteiger partial charge in [0.1, 0.15) is 42.3 Å². The molecule has 456 valence electrons. The summed E-state index contributed by atoms with van der Waals surface area (Å²) < 4.78 is 29.4. The number of rotatable bonds is 22. The van der Waals surface area contributed by atoms with Gasteiger partial charge in [-0.25, -0.2) is 19.2 Å². The average Bonchev–Trinajstić information content (AvgIpc) is 1.85. The number of ketones is 2. The summed E-state index contributed by atoms with van der Waals surface area (Å²) in [5.74, 6) is -3.86. The summed E-state index contributed by atoms with van der Waals surface area (Å²) in [6, 6.07) is 7.87. The van der Waals surface area contributed by atoms with Crippen LogP contribution < -0.4 is 26.6 Å². The van der Waals surface area contributed by atoms with Gasteiger partial charge in [0.2, 0.25) is 17.7 Å². The van der Waals surface area contributed by atoms with Crippen LogP contribution in [0, 0.1) is 24.7 Å². The molecule has 0 aromatic heterocycles. The van der Waals surface area contributed by atoms with Crippen molar-refractivity contribution in [2.45, 2.75) is 168 Å². The Labute approximate surface area is 491 Å². The molecule has 5 rings (SSSR count). The zero-order valence-corrected chi connectivity index (χ0v) is 50.6. The summed E-state index contributed by atoms with van der Waals surface area (Å²) in [7, 11) is 5.97. The summed E-state index contributed by atoms with van der Waals surface area (Å²) in [5.41, 5.74) is 6.27. The number of Topliss-reactive ketones (excluding diaryl/α,β-unsaturated/α-hetero) is 2. The van der Waals surface area contributed by atoms with E-state index in [1.54, 1.807) is 57.3 Å². The lowest BCUT2D eigenvalue weighted by atomic mass is 9.83. The van der Waals surface area contributed by atoms with Crippen LogP contribution in [0.4, 0.5) is 20.1 Å². The Morgan fingerprint density at radius 3 is 2.34 bits per heavy atom. The Balaban J connectivity index is 1.19. The number of primary amides is 1. The first-order valence-electron chi connectivity index (χ1n) is 28.1. The molecular formula is C60H84ClN7O15. The van der Waals surface area contributed by atoms with Gasteiger partial charge in [-0.15, -0.1) is 0 Å². The number of alkyl carbamates (subject to hydrolysis) is 1. The molecule has 7 amide bonds. The zero-order valence-electron chi connectivity index (χ0n) is 49.8. The topological polar surface area (TPSA) is 295 Å². The van der Waals surface area contributed by atoms with Crippen LogP contribution in [0.3, 0.4) is 0 Å². The van der Waals surface area contributed by atoms with Crippen LogP contribution in [0.2, 0.25) is 5.02 Å². The molecule has 1 unspecified atom stereocenters. The molecule has 3 heterocycles. The molecule has 2 saturated heterocycles. The predicted molar refractivity (Wildman–Crippen MR) is 309 cm³/mol. The second-order valence-electron chi connectivity index (χ2n) is 22.8. The van der Waals surface area contributed by atoms with E-state index in [4.69, 9.17) is 41.0 Å². The molecule has 2 aromatic rings. The number of aliphatic hydroxyl groups is 1.